The third-order valence-electron chi connectivity index (χ3n) is 3.56. The predicted molar refractivity (Wildman–Crippen MR) is 98.9 cm³/mol. The van der Waals surface area contributed by atoms with Crippen LogP contribution in [0.1, 0.15) is 16.1 Å². The van der Waals surface area contributed by atoms with Crippen molar-refractivity contribution in [3.63, 3.8) is 0 Å². The molecule has 0 unspecified atom stereocenters. The molecular formula is C19H15ClN2O4. The summed E-state index contributed by atoms with van der Waals surface area (Å²) in [5.41, 5.74) is 3.17. The molecule has 0 saturated heterocycles. The van der Waals surface area contributed by atoms with Gasteiger partial charge in [0.2, 0.25) is 0 Å². The van der Waals surface area contributed by atoms with Gasteiger partial charge >= 0.3 is 0 Å². The van der Waals surface area contributed by atoms with Crippen molar-refractivity contribution in [2.75, 3.05) is 7.11 Å². The maximum absolute atomic E-state index is 12.0. The first kappa shape index (κ1) is 17.6. The van der Waals surface area contributed by atoms with Crippen molar-refractivity contribution in [2.24, 2.45) is 5.10 Å². The molecule has 2 aromatic carbocycles. The number of carbonyl (C=O) groups excluding carboxylic acids is 1. The normalized spacial score (nSPS) is 10.8. The first-order chi connectivity index (χ1) is 12.6. The molecular weight excluding hydrogens is 356 g/mol. The summed E-state index contributed by atoms with van der Waals surface area (Å²) in [5.74, 6) is 0.966. The molecule has 132 valence electrons. The lowest BCUT2D eigenvalue weighted by Gasteiger charge is -2.06. The minimum atomic E-state index is -0.525. The van der Waals surface area contributed by atoms with Gasteiger partial charge in [-0.15, -0.1) is 0 Å². The molecule has 0 saturated carbocycles. The average Bonchev–Trinajstić information content (AvgIpc) is 3.10. The van der Waals surface area contributed by atoms with E-state index in [9.17, 15) is 9.90 Å². The summed E-state index contributed by atoms with van der Waals surface area (Å²) in [6.45, 7) is 0. The molecule has 6 nitrogen and oxygen atoms in total. The Balaban J connectivity index is 1.73. The van der Waals surface area contributed by atoms with Crippen LogP contribution < -0.4 is 10.2 Å². The van der Waals surface area contributed by atoms with Crippen molar-refractivity contribution in [2.45, 2.75) is 0 Å². The van der Waals surface area contributed by atoms with Crippen LogP contribution in [0.3, 0.4) is 0 Å². The zero-order valence-corrected chi connectivity index (χ0v) is 14.5. The Kier molecular flexibility index (Phi) is 5.24. The Bertz CT molecular complexity index is 966. The molecule has 1 aromatic heterocycles. The molecule has 0 atom stereocenters. The van der Waals surface area contributed by atoms with Gasteiger partial charge in [0.25, 0.3) is 5.91 Å². The van der Waals surface area contributed by atoms with Crippen molar-refractivity contribution < 1.29 is 19.1 Å². The van der Waals surface area contributed by atoms with E-state index in [1.165, 1.54) is 18.3 Å². The van der Waals surface area contributed by atoms with E-state index >= 15 is 0 Å². The number of phenolic OH excluding ortho intramolecular Hbond substituents is 1. The lowest BCUT2D eigenvalue weighted by atomic mass is 10.1. The summed E-state index contributed by atoms with van der Waals surface area (Å²) < 4.78 is 11.0. The van der Waals surface area contributed by atoms with Crippen LogP contribution in [0.4, 0.5) is 0 Å². The Labute approximate surface area is 154 Å². The molecule has 0 aliphatic carbocycles. The van der Waals surface area contributed by atoms with Gasteiger partial charge < -0.3 is 14.3 Å². The molecule has 0 aliphatic heterocycles. The quantitative estimate of drug-likeness (QED) is 0.523. The number of ether oxygens (including phenoxy) is 1. The first-order valence-corrected chi connectivity index (χ1v) is 8.01. The lowest BCUT2D eigenvalue weighted by molar-refractivity contribution is 0.0952. The maximum atomic E-state index is 12.0. The van der Waals surface area contributed by atoms with Gasteiger partial charge in [-0.2, -0.15) is 5.10 Å². The third kappa shape index (κ3) is 3.87. The monoisotopic (exact) mass is 370 g/mol. The minimum absolute atomic E-state index is 0.117. The van der Waals surface area contributed by atoms with Crippen LogP contribution in [0.15, 0.2) is 64.1 Å². The first-order valence-electron chi connectivity index (χ1n) is 7.63. The molecule has 3 rings (SSSR count). The minimum Gasteiger partial charge on any atom is -0.507 e. The topological polar surface area (TPSA) is 84.1 Å². The predicted octanol–water partition coefficient (Wildman–Crippen LogP) is 4.08. The maximum Gasteiger partial charge on any atom is 0.275 e. The highest BCUT2D eigenvalue weighted by molar-refractivity contribution is 6.30. The van der Waals surface area contributed by atoms with Gasteiger partial charge in [-0.05, 0) is 42.5 Å². The summed E-state index contributed by atoms with van der Waals surface area (Å²) >= 11 is 6.03. The number of benzene rings is 2. The molecule has 7 heteroatoms. The van der Waals surface area contributed by atoms with Crippen LogP contribution in [0.25, 0.3) is 11.3 Å². The third-order valence-corrected chi connectivity index (χ3v) is 3.80. The number of hydrazone groups is 1. The number of methoxy groups -OCH3 is 1. The van der Waals surface area contributed by atoms with Crippen molar-refractivity contribution in [1.82, 2.24) is 5.43 Å². The standard InChI is InChI=1S/C19H15ClN2O4/c1-25-17-8-6-12(20)10-15(17)18-9-7-13(26-18)11-21-22-19(24)14-4-2-3-5-16(14)23/h2-11,23H,1H3,(H,22,24)/b21-11-. The van der Waals surface area contributed by atoms with Crippen LogP contribution in [0.2, 0.25) is 5.02 Å². The summed E-state index contributed by atoms with van der Waals surface area (Å²) in [6, 6.07) is 14.9. The molecule has 0 aliphatic rings. The van der Waals surface area contributed by atoms with E-state index < -0.39 is 5.91 Å². The number of rotatable bonds is 5. The highest BCUT2D eigenvalue weighted by Crippen LogP contribution is 2.33. The Morgan fingerprint density at radius 2 is 2.04 bits per heavy atom. The van der Waals surface area contributed by atoms with Gasteiger partial charge in [0, 0.05) is 5.02 Å². The number of carbonyl (C=O) groups is 1. The number of furan rings is 1. The number of nitrogens with one attached hydrogen (secondary N) is 1. The Morgan fingerprint density at radius 3 is 2.81 bits per heavy atom. The number of hydrogen-bond acceptors (Lipinski definition) is 5. The smallest absolute Gasteiger partial charge is 0.275 e. The fraction of sp³-hybridized carbons (Fsp3) is 0.0526. The average molecular weight is 371 g/mol. The highest BCUT2D eigenvalue weighted by Gasteiger charge is 2.11. The zero-order valence-electron chi connectivity index (χ0n) is 13.8. The van der Waals surface area contributed by atoms with Crippen molar-refractivity contribution in [3.8, 4) is 22.8 Å². The molecule has 0 fully saturated rings. The molecule has 2 N–H and O–H groups in total. The molecule has 0 bridgehead atoms. The molecule has 0 radical (unpaired) electrons. The summed E-state index contributed by atoms with van der Waals surface area (Å²) in [5, 5.41) is 14.0. The second-order valence-electron chi connectivity index (χ2n) is 5.26. The summed E-state index contributed by atoms with van der Waals surface area (Å²) in [6.07, 6.45) is 1.36. The van der Waals surface area contributed by atoms with E-state index in [1.807, 2.05) is 0 Å². The molecule has 26 heavy (non-hydrogen) atoms. The molecule has 1 heterocycles. The van der Waals surface area contributed by atoms with E-state index in [-0.39, 0.29) is 11.3 Å². The van der Waals surface area contributed by atoms with E-state index in [0.29, 0.717) is 27.9 Å². The second kappa shape index (κ2) is 7.76. The number of halogens is 1. The fourth-order valence-electron chi connectivity index (χ4n) is 2.32. The van der Waals surface area contributed by atoms with Crippen molar-refractivity contribution in [3.05, 3.63) is 70.9 Å². The zero-order chi connectivity index (χ0) is 18.5. The van der Waals surface area contributed by atoms with Crippen LogP contribution in [-0.2, 0) is 0 Å². The second-order valence-corrected chi connectivity index (χ2v) is 5.70. The van der Waals surface area contributed by atoms with Crippen LogP contribution in [0, 0.1) is 0 Å². The largest absolute Gasteiger partial charge is 0.507 e. The van der Waals surface area contributed by atoms with E-state index in [0.717, 1.165) is 0 Å². The van der Waals surface area contributed by atoms with Gasteiger partial charge in [-0.3, -0.25) is 4.79 Å². The number of amides is 1. The number of hydrogen-bond donors (Lipinski definition) is 2. The molecule has 3 aromatic rings. The number of para-hydroxylation sites is 1. The lowest BCUT2D eigenvalue weighted by Crippen LogP contribution is -2.17. The van der Waals surface area contributed by atoms with Crippen LogP contribution in [0.5, 0.6) is 11.5 Å². The summed E-state index contributed by atoms with van der Waals surface area (Å²) in [7, 11) is 1.56. The Morgan fingerprint density at radius 1 is 1.23 bits per heavy atom. The van der Waals surface area contributed by atoms with E-state index in [4.69, 9.17) is 20.8 Å². The Hall–Kier alpha value is -3.25. The van der Waals surface area contributed by atoms with Crippen molar-refractivity contribution >= 4 is 23.7 Å². The molecule has 0 spiro atoms. The van der Waals surface area contributed by atoms with Gasteiger partial charge in [0.05, 0.1) is 24.5 Å². The van der Waals surface area contributed by atoms with Crippen LogP contribution >= 0.6 is 11.6 Å². The van der Waals surface area contributed by atoms with Gasteiger partial charge in [-0.1, -0.05) is 23.7 Å². The molecule has 1 amide bonds. The van der Waals surface area contributed by atoms with E-state index in [1.54, 1.807) is 49.6 Å². The van der Waals surface area contributed by atoms with Crippen LogP contribution in [-0.4, -0.2) is 24.3 Å². The van der Waals surface area contributed by atoms with Gasteiger partial charge in [0.1, 0.15) is 23.0 Å². The van der Waals surface area contributed by atoms with Gasteiger partial charge in [0.15, 0.2) is 0 Å². The van der Waals surface area contributed by atoms with E-state index in [2.05, 4.69) is 10.5 Å². The number of aromatic hydroxyl groups is 1. The van der Waals surface area contributed by atoms with Crippen molar-refractivity contribution in [1.29, 1.82) is 0 Å². The number of phenols is 1. The number of nitrogens with zero attached hydrogens (tertiary/aromatic N) is 1. The fourth-order valence-corrected chi connectivity index (χ4v) is 2.49. The summed E-state index contributed by atoms with van der Waals surface area (Å²) in [4.78, 5) is 12.0. The SMILES string of the molecule is COc1ccc(Cl)cc1-c1ccc(/C=N\NC(=O)c2ccccc2O)o1. The highest BCUT2D eigenvalue weighted by atomic mass is 35.5. The van der Waals surface area contributed by atoms with Gasteiger partial charge in [-0.25, -0.2) is 5.43 Å².